The van der Waals surface area contributed by atoms with Crippen LogP contribution < -0.4 is 21.4 Å². The molecule has 2 aromatic heterocycles. The van der Waals surface area contributed by atoms with Gasteiger partial charge in [0, 0.05) is 18.7 Å². The van der Waals surface area contributed by atoms with Crippen LogP contribution in [0.5, 0.6) is 0 Å². The number of aromatic nitrogens is 3. The third kappa shape index (κ3) is 3.23. The molecular weight excluding hydrogens is 382 g/mol. The number of pyridine rings is 1. The number of aryl methyl sites for hydroxylation is 1. The van der Waals surface area contributed by atoms with Crippen LogP contribution in [-0.2, 0) is 5.54 Å². The molecule has 2 fully saturated rings. The number of rotatable bonds is 3. The molecule has 0 radical (unpaired) electrons. The number of anilines is 1. The maximum Gasteiger partial charge on any atom is 0.254 e. The molecule has 0 bridgehead atoms. The summed E-state index contributed by atoms with van der Waals surface area (Å²) in [5.41, 5.74) is 1.86. The van der Waals surface area contributed by atoms with Gasteiger partial charge in [-0.05, 0) is 44.4 Å². The Kier molecular flexibility index (Phi) is 4.69. The van der Waals surface area contributed by atoms with Gasteiger partial charge in [-0.2, -0.15) is 4.73 Å². The summed E-state index contributed by atoms with van der Waals surface area (Å²) in [5.74, 6) is 1.05. The van der Waals surface area contributed by atoms with Crippen molar-refractivity contribution in [3.8, 4) is 0 Å². The van der Waals surface area contributed by atoms with Gasteiger partial charge in [0.15, 0.2) is 11.3 Å². The molecule has 3 aliphatic rings. The predicted octanol–water partition coefficient (Wildman–Crippen LogP) is 1.73. The first-order chi connectivity index (χ1) is 14.6. The molecule has 2 aliphatic heterocycles. The highest BCUT2D eigenvalue weighted by molar-refractivity contribution is 6.00. The van der Waals surface area contributed by atoms with Crippen LogP contribution >= 0.6 is 0 Å². The maximum absolute atomic E-state index is 12.7. The minimum absolute atomic E-state index is 0.113. The average Bonchev–Trinajstić information content (AvgIpc) is 3.33. The first kappa shape index (κ1) is 19.0. The summed E-state index contributed by atoms with van der Waals surface area (Å²) in [5, 5.41) is 21.0. The fourth-order valence-corrected chi connectivity index (χ4v) is 4.99. The van der Waals surface area contributed by atoms with Crippen LogP contribution in [0.3, 0.4) is 0 Å². The number of amides is 1. The molecule has 0 aromatic carbocycles. The van der Waals surface area contributed by atoms with Crippen molar-refractivity contribution in [1.29, 1.82) is 0 Å². The SMILES string of the molecule is Cc1cc(=Nc2cc(N[C@H]3CCNC3)ncn2)n(O)c2c1C(=O)NC21CCCCC1. The second-order valence-electron chi connectivity index (χ2n) is 8.53. The summed E-state index contributed by atoms with van der Waals surface area (Å²) in [4.78, 5) is 25.8. The van der Waals surface area contributed by atoms with Gasteiger partial charge in [0.1, 0.15) is 12.1 Å². The molecule has 1 atom stereocenters. The van der Waals surface area contributed by atoms with Crippen LogP contribution in [-0.4, -0.2) is 44.9 Å². The van der Waals surface area contributed by atoms with E-state index in [1.54, 1.807) is 12.1 Å². The second kappa shape index (κ2) is 7.39. The lowest BCUT2D eigenvalue weighted by atomic mass is 9.79. The van der Waals surface area contributed by atoms with Gasteiger partial charge in [0.25, 0.3) is 5.91 Å². The van der Waals surface area contributed by atoms with Gasteiger partial charge in [0.2, 0.25) is 0 Å². The predicted molar refractivity (Wildman–Crippen MR) is 111 cm³/mol. The molecule has 0 unspecified atom stereocenters. The van der Waals surface area contributed by atoms with Crippen molar-refractivity contribution in [2.45, 2.75) is 57.0 Å². The number of hydrogen-bond donors (Lipinski definition) is 4. The van der Waals surface area contributed by atoms with E-state index in [4.69, 9.17) is 0 Å². The average molecular weight is 409 g/mol. The van der Waals surface area contributed by atoms with Crippen LogP contribution in [0, 0.1) is 6.92 Å². The molecule has 1 saturated heterocycles. The third-order valence-electron chi connectivity index (χ3n) is 6.44. The van der Waals surface area contributed by atoms with Gasteiger partial charge < -0.3 is 21.2 Å². The minimum atomic E-state index is -0.510. The maximum atomic E-state index is 12.7. The number of fused-ring (bicyclic) bond motifs is 2. The largest absolute Gasteiger partial charge is 0.427 e. The molecule has 1 amide bonds. The zero-order valence-corrected chi connectivity index (χ0v) is 17.1. The summed E-state index contributed by atoms with van der Waals surface area (Å²) in [6.45, 7) is 3.78. The molecular formula is C21H27N7O2. The third-order valence-corrected chi connectivity index (χ3v) is 6.44. The molecule has 9 nitrogen and oxygen atoms in total. The zero-order valence-electron chi connectivity index (χ0n) is 17.1. The van der Waals surface area contributed by atoms with E-state index < -0.39 is 5.54 Å². The van der Waals surface area contributed by atoms with E-state index in [0.29, 0.717) is 34.4 Å². The zero-order chi connectivity index (χ0) is 20.7. The molecule has 4 heterocycles. The Morgan fingerprint density at radius 2 is 2.10 bits per heavy atom. The number of hydrogen-bond acceptors (Lipinski definition) is 7. The minimum Gasteiger partial charge on any atom is -0.427 e. The molecule has 5 rings (SSSR count). The highest BCUT2D eigenvalue weighted by atomic mass is 16.5. The second-order valence-corrected chi connectivity index (χ2v) is 8.53. The molecule has 2 aromatic rings. The number of nitrogens with one attached hydrogen (secondary N) is 3. The number of carbonyl (C=O) groups excluding carboxylic acids is 1. The van der Waals surface area contributed by atoms with Crippen molar-refractivity contribution in [2.24, 2.45) is 4.99 Å². The van der Waals surface area contributed by atoms with Crippen LogP contribution in [0.25, 0.3) is 0 Å². The van der Waals surface area contributed by atoms with E-state index in [0.717, 1.165) is 61.9 Å². The van der Waals surface area contributed by atoms with Gasteiger partial charge in [-0.25, -0.2) is 15.0 Å². The van der Waals surface area contributed by atoms with Crippen LogP contribution in [0.2, 0.25) is 0 Å². The Bertz CT molecular complexity index is 1050. The molecule has 4 N–H and O–H groups in total. The normalized spacial score (nSPS) is 22.9. The van der Waals surface area contributed by atoms with Gasteiger partial charge in [-0.1, -0.05) is 19.3 Å². The number of carbonyl (C=O) groups is 1. The first-order valence-corrected chi connectivity index (χ1v) is 10.7. The van der Waals surface area contributed by atoms with Crippen molar-refractivity contribution < 1.29 is 10.0 Å². The summed E-state index contributed by atoms with van der Waals surface area (Å²) >= 11 is 0. The van der Waals surface area contributed by atoms with Gasteiger partial charge in [0.05, 0.1) is 16.8 Å². The van der Waals surface area contributed by atoms with Crippen molar-refractivity contribution in [3.63, 3.8) is 0 Å². The monoisotopic (exact) mass is 409 g/mol. The van der Waals surface area contributed by atoms with Gasteiger partial charge in [-0.3, -0.25) is 4.79 Å². The van der Waals surface area contributed by atoms with Crippen LogP contribution in [0.15, 0.2) is 23.5 Å². The Morgan fingerprint density at radius 3 is 2.87 bits per heavy atom. The molecule has 30 heavy (non-hydrogen) atoms. The van der Waals surface area contributed by atoms with E-state index >= 15 is 0 Å². The first-order valence-electron chi connectivity index (χ1n) is 10.7. The number of nitrogens with zero attached hydrogens (tertiary/aromatic N) is 4. The summed E-state index contributed by atoms with van der Waals surface area (Å²) in [7, 11) is 0. The Hall–Kier alpha value is -2.94. The smallest absolute Gasteiger partial charge is 0.254 e. The summed E-state index contributed by atoms with van der Waals surface area (Å²) in [6, 6.07) is 3.85. The van der Waals surface area contributed by atoms with Gasteiger partial charge >= 0.3 is 0 Å². The Morgan fingerprint density at radius 1 is 1.27 bits per heavy atom. The Labute approximate surface area is 174 Å². The van der Waals surface area contributed by atoms with E-state index in [2.05, 4.69) is 30.9 Å². The summed E-state index contributed by atoms with van der Waals surface area (Å²) < 4.78 is 1.08. The molecule has 1 aliphatic carbocycles. The van der Waals surface area contributed by atoms with Crippen molar-refractivity contribution >= 4 is 17.5 Å². The standard InChI is InChI=1S/C21H27N7O2/c1-13-9-17(26-16-10-15(23-12-24-16)25-14-5-8-22-11-14)28(30)19-18(13)20(29)27-21(19)6-3-2-4-7-21/h9-10,12,14,22,30H,2-8,11H2,1H3,(H,27,29)(H,23,24,25)/t14-/m0/s1. The summed E-state index contributed by atoms with van der Waals surface area (Å²) in [6.07, 6.45) is 7.36. The van der Waals surface area contributed by atoms with Crippen LogP contribution in [0.1, 0.15) is 60.1 Å². The highest BCUT2D eigenvalue weighted by Gasteiger charge is 2.47. The van der Waals surface area contributed by atoms with Crippen molar-refractivity contribution in [3.05, 3.63) is 40.8 Å². The molecule has 158 valence electrons. The van der Waals surface area contributed by atoms with Crippen molar-refractivity contribution in [1.82, 2.24) is 25.3 Å². The van der Waals surface area contributed by atoms with E-state index in [-0.39, 0.29) is 5.91 Å². The lowest BCUT2D eigenvalue weighted by molar-refractivity contribution is 0.0892. The Balaban J connectivity index is 1.56. The fourth-order valence-electron chi connectivity index (χ4n) is 4.99. The molecule has 1 saturated carbocycles. The van der Waals surface area contributed by atoms with Crippen LogP contribution in [0.4, 0.5) is 11.6 Å². The van der Waals surface area contributed by atoms with Gasteiger partial charge in [-0.15, -0.1) is 0 Å². The fraction of sp³-hybridized carbons (Fsp3) is 0.524. The van der Waals surface area contributed by atoms with E-state index in [9.17, 15) is 10.0 Å². The topological polar surface area (TPSA) is 116 Å². The van der Waals surface area contributed by atoms with Crippen molar-refractivity contribution in [2.75, 3.05) is 18.4 Å². The van der Waals surface area contributed by atoms with E-state index in [1.807, 2.05) is 6.92 Å². The highest BCUT2D eigenvalue weighted by Crippen LogP contribution is 2.42. The van der Waals surface area contributed by atoms with E-state index in [1.165, 1.54) is 6.33 Å². The molecule has 1 spiro atoms. The lowest BCUT2D eigenvalue weighted by Gasteiger charge is -2.34. The lowest BCUT2D eigenvalue weighted by Crippen LogP contribution is -2.43. The quantitative estimate of drug-likeness (QED) is 0.574. The molecule has 9 heteroatoms.